The Labute approximate surface area is 161 Å². The minimum Gasteiger partial charge on any atom is -0.459 e. The molecule has 1 fully saturated rings. The van der Waals surface area contributed by atoms with Crippen LogP contribution >= 0.6 is 0 Å². The minimum absolute atomic E-state index is 0.0288. The summed E-state index contributed by atoms with van der Waals surface area (Å²) >= 11 is 0. The zero-order valence-corrected chi connectivity index (χ0v) is 16.3. The van der Waals surface area contributed by atoms with Gasteiger partial charge in [-0.1, -0.05) is 50.5 Å². The van der Waals surface area contributed by atoms with Gasteiger partial charge in [0.1, 0.15) is 6.10 Å². The normalized spacial score (nSPS) is 21.7. The van der Waals surface area contributed by atoms with E-state index in [2.05, 4.69) is 17.6 Å². The Morgan fingerprint density at radius 2 is 1.70 bits per heavy atom. The molecule has 2 N–H and O–H groups in total. The average Bonchev–Trinajstić information content (AvgIpc) is 2.63. The topological polar surface area (TPSA) is 67.4 Å². The summed E-state index contributed by atoms with van der Waals surface area (Å²) in [5.74, 6) is -0.324. The third kappa shape index (κ3) is 4.90. The first-order valence-electron chi connectivity index (χ1n) is 10.2. The Bertz CT molecular complexity index is 701. The second-order valence-electron chi connectivity index (χ2n) is 7.54. The maximum absolute atomic E-state index is 13.0. The van der Waals surface area contributed by atoms with Gasteiger partial charge in [-0.2, -0.15) is 0 Å². The third-order valence-corrected chi connectivity index (χ3v) is 5.54. The number of hydrogen-bond donors (Lipinski definition) is 2. The number of urea groups is 1. The molecule has 5 heteroatoms. The highest BCUT2D eigenvalue weighted by Crippen LogP contribution is 2.29. The predicted octanol–water partition coefficient (Wildman–Crippen LogP) is 4.53. The zero-order chi connectivity index (χ0) is 19.2. The molecule has 2 amide bonds. The average molecular weight is 370 g/mol. The van der Waals surface area contributed by atoms with Crippen LogP contribution in [0, 0.1) is 0 Å². The first kappa shape index (κ1) is 19.5. The van der Waals surface area contributed by atoms with Crippen molar-refractivity contribution in [3.05, 3.63) is 46.7 Å². The molecule has 1 atom stereocenters. The molecule has 0 aromatic heterocycles. The summed E-state index contributed by atoms with van der Waals surface area (Å²) in [6, 6.07) is 7.26. The second-order valence-corrected chi connectivity index (χ2v) is 7.54. The Hall–Kier alpha value is -2.30. The van der Waals surface area contributed by atoms with Gasteiger partial charge in [-0.25, -0.2) is 9.59 Å². The number of carbonyl (C=O) groups is 2. The van der Waals surface area contributed by atoms with Gasteiger partial charge in [-0.15, -0.1) is 0 Å². The lowest BCUT2D eigenvalue weighted by Gasteiger charge is -2.29. The Kier molecular flexibility index (Phi) is 6.54. The predicted molar refractivity (Wildman–Crippen MR) is 105 cm³/mol. The van der Waals surface area contributed by atoms with Crippen LogP contribution in [0.2, 0.25) is 0 Å². The number of esters is 1. The van der Waals surface area contributed by atoms with E-state index in [9.17, 15) is 9.59 Å². The van der Waals surface area contributed by atoms with Crippen LogP contribution in [-0.4, -0.2) is 18.1 Å². The molecule has 3 rings (SSSR count). The first-order valence-corrected chi connectivity index (χ1v) is 10.2. The van der Waals surface area contributed by atoms with Crippen molar-refractivity contribution in [2.24, 2.45) is 0 Å². The number of hydrogen-bond acceptors (Lipinski definition) is 3. The third-order valence-electron chi connectivity index (χ3n) is 5.54. The van der Waals surface area contributed by atoms with Crippen molar-refractivity contribution in [3.63, 3.8) is 0 Å². The first-order chi connectivity index (χ1) is 13.1. The van der Waals surface area contributed by atoms with Gasteiger partial charge in [0.05, 0.1) is 11.6 Å². The van der Waals surface area contributed by atoms with E-state index in [0.717, 1.165) is 37.7 Å². The molecule has 0 bridgehead atoms. The highest BCUT2D eigenvalue weighted by atomic mass is 16.5. The Balaban J connectivity index is 1.80. The molecule has 1 aromatic carbocycles. The standard InChI is InChI=1S/C22H30N2O3/c1-3-16-11-13-17(14-12-16)20-19(15(2)23-22(26)24-20)21(25)27-18-9-7-5-4-6-8-10-18/h11-14,18,20H,3-10H2,1-2H3,(H2,23,24,26). The number of allylic oxidation sites excluding steroid dienone is 1. The number of nitrogens with one attached hydrogen (secondary N) is 2. The van der Waals surface area contributed by atoms with Crippen molar-refractivity contribution in [3.8, 4) is 0 Å². The Morgan fingerprint density at radius 3 is 2.33 bits per heavy atom. The zero-order valence-electron chi connectivity index (χ0n) is 16.3. The van der Waals surface area contributed by atoms with Gasteiger partial charge in [0.15, 0.2) is 0 Å². The molecule has 27 heavy (non-hydrogen) atoms. The molecule has 1 saturated carbocycles. The summed E-state index contributed by atoms with van der Waals surface area (Å²) in [6.07, 6.45) is 8.67. The molecule has 1 heterocycles. The molecule has 0 radical (unpaired) electrons. The summed E-state index contributed by atoms with van der Waals surface area (Å²) in [6.45, 7) is 3.87. The quantitative estimate of drug-likeness (QED) is 0.765. The SMILES string of the molecule is CCc1ccc(C2NC(=O)NC(C)=C2C(=O)OC2CCCCCCC2)cc1. The molecule has 0 saturated heterocycles. The van der Waals surface area contributed by atoms with Crippen molar-refractivity contribution in [1.82, 2.24) is 10.6 Å². The molecule has 1 aromatic rings. The van der Waals surface area contributed by atoms with Gasteiger partial charge in [0.2, 0.25) is 0 Å². The van der Waals surface area contributed by atoms with Crippen LogP contribution < -0.4 is 10.6 Å². The van der Waals surface area contributed by atoms with E-state index in [1.807, 2.05) is 24.3 Å². The molecular weight excluding hydrogens is 340 g/mol. The van der Waals surface area contributed by atoms with E-state index in [-0.39, 0.29) is 18.1 Å². The van der Waals surface area contributed by atoms with E-state index >= 15 is 0 Å². The fourth-order valence-corrected chi connectivity index (χ4v) is 3.91. The second kappa shape index (κ2) is 9.07. The summed E-state index contributed by atoms with van der Waals surface area (Å²) in [5.41, 5.74) is 3.18. The monoisotopic (exact) mass is 370 g/mol. The summed E-state index contributed by atoms with van der Waals surface area (Å²) in [5, 5.41) is 5.60. The van der Waals surface area contributed by atoms with Crippen molar-refractivity contribution in [2.75, 3.05) is 0 Å². The van der Waals surface area contributed by atoms with E-state index in [1.54, 1.807) is 6.92 Å². The van der Waals surface area contributed by atoms with Crippen molar-refractivity contribution < 1.29 is 14.3 Å². The lowest BCUT2D eigenvalue weighted by Crippen LogP contribution is -2.45. The number of amides is 2. The van der Waals surface area contributed by atoms with Gasteiger partial charge in [-0.3, -0.25) is 0 Å². The number of benzene rings is 1. The fraction of sp³-hybridized carbons (Fsp3) is 0.545. The van der Waals surface area contributed by atoms with Gasteiger partial charge in [0.25, 0.3) is 0 Å². The fourth-order valence-electron chi connectivity index (χ4n) is 3.91. The maximum atomic E-state index is 13.0. The van der Waals surface area contributed by atoms with E-state index in [4.69, 9.17) is 4.74 Å². The number of aryl methyl sites for hydroxylation is 1. The smallest absolute Gasteiger partial charge is 0.338 e. The maximum Gasteiger partial charge on any atom is 0.338 e. The van der Waals surface area contributed by atoms with E-state index < -0.39 is 6.04 Å². The van der Waals surface area contributed by atoms with Gasteiger partial charge < -0.3 is 15.4 Å². The van der Waals surface area contributed by atoms with Crippen LogP contribution in [0.5, 0.6) is 0 Å². The van der Waals surface area contributed by atoms with Crippen LogP contribution in [0.1, 0.15) is 76.0 Å². The highest BCUT2D eigenvalue weighted by molar-refractivity contribution is 5.95. The van der Waals surface area contributed by atoms with Crippen LogP contribution in [0.4, 0.5) is 4.79 Å². The number of ether oxygens (including phenoxy) is 1. The van der Waals surface area contributed by atoms with Crippen LogP contribution in [0.15, 0.2) is 35.5 Å². The largest absolute Gasteiger partial charge is 0.459 e. The molecular formula is C22H30N2O3. The molecule has 2 aliphatic rings. The lowest BCUT2D eigenvalue weighted by molar-refractivity contribution is -0.145. The highest BCUT2D eigenvalue weighted by Gasteiger charge is 2.33. The molecule has 1 aliphatic heterocycles. The van der Waals surface area contributed by atoms with Gasteiger partial charge in [0, 0.05) is 5.70 Å². The summed E-state index contributed by atoms with van der Waals surface area (Å²) in [7, 11) is 0. The molecule has 1 aliphatic carbocycles. The number of rotatable bonds is 4. The van der Waals surface area contributed by atoms with Gasteiger partial charge in [-0.05, 0) is 50.2 Å². The van der Waals surface area contributed by atoms with E-state index in [0.29, 0.717) is 11.3 Å². The molecule has 0 spiro atoms. The van der Waals surface area contributed by atoms with E-state index in [1.165, 1.54) is 24.8 Å². The van der Waals surface area contributed by atoms with Crippen molar-refractivity contribution >= 4 is 12.0 Å². The lowest BCUT2D eigenvalue weighted by atomic mass is 9.94. The van der Waals surface area contributed by atoms with Crippen molar-refractivity contribution in [2.45, 2.75) is 77.4 Å². The van der Waals surface area contributed by atoms with Crippen LogP contribution in [0.25, 0.3) is 0 Å². The van der Waals surface area contributed by atoms with Crippen molar-refractivity contribution in [1.29, 1.82) is 0 Å². The Morgan fingerprint density at radius 1 is 1.07 bits per heavy atom. The van der Waals surface area contributed by atoms with Gasteiger partial charge >= 0.3 is 12.0 Å². The summed E-state index contributed by atoms with van der Waals surface area (Å²) in [4.78, 5) is 25.0. The molecule has 5 nitrogen and oxygen atoms in total. The van der Waals surface area contributed by atoms with Crippen LogP contribution in [-0.2, 0) is 16.0 Å². The molecule has 146 valence electrons. The summed E-state index contributed by atoms with van der Waals surface area (Å²) < 4.78 is 5.88. The molecule has 1 unspecified atom stereocenters. The number of carbonyl (C=O) groups excluding carboxylic acids is 2. The minimum atomic E-state index is -0.481. The van der Waals surface area contributed by atoms with Crippen LogP contribution in [0.3, 0.4) is 0 Å².